The molecule has 0 spiro atoms. The third-order valence-corrected chi connectivity index (χ3v) is 3.54. The summed E-state index contributed by atoms with van der Waals surface area (Å²) in [6.45, 7) is 10.0. The van der Waals surface area contributed by atoms with Crippen molar-refractivity contribution in [3.63, 3.8) is 0 Å². The molecule has 1 amide bonds. The first-order valence-electron chi connectivity index (χ1n) is 6.31. The van der Waals surface area contributed by atoms with Crippen LogP contribution in [0, 0.1) is 5.92 Å². The fourth-order valence-electron chi connectivity index (χ4n) is 1.84. The summed E-state index contributed by atoms with van der Waals surface area (Å²) in [5.41, 5.74) is 0.296. The number of pyridine rings is 1. The van der Waals surface area contributed by atoms with Gasteiger partial charge in [0.05, 0.1) is 0 Å². The molecule has 4 heteroatoms. The Morgan fingerprint density at radius 3 is 2.61 bits per heavy atom. The number of fused-ring (bicyclic) bond motifs is 1. The minimum Gasteiger partial charge on any atom is -0.474 e. The summed E-state index contributed by atoms with van der Waals surface area (Å²) in [5, 5.41) is 2.77. The average Bonchev–Trinajstić information content (AvgIpc) is 2.28. The molecule has 1 aliphatic heterocycles. The molecule has 2 rings (SSSR count). The van der Waals surface area contributed by atoms with Crippen LogP contribution in [0.25, 0.3) is 0 Å². The zero-order chi connectivity index (χ0) is 13.5. The van der Waals surface area contributed by atoms with Crippen molar-refractivity contribution in [2.45, 2.75) is 46.1 Å². The molecule has 0 aromatic carbocycles. The van der Waals surface area contributed by atoms with Crippen LogP contribution in [0.15, 0.2) is 12.3 Å². The second-order valence-electron chi connectivity index (χ2n) is 5.71. The van der Waals surface area contributed by atoms with Gasteiger partial charge in [0, 0.05) is 6.20 Å². The Labute approximate surface area is 108 Å². The monoisotopic (exact) mass is 248 g/mol. The zero-order valence-electron chi connectivity index (χ0n) is 11.6. The Kier molecular flexibility index (Phi) is 3.05. The van der Waals surface area contributed by atoms with Crippen LogP contribution in [-0.2, 0) is 4.79 Å². The van der Waals surface area contributed by atoms with Crippen LogP contribution < -0.4 is 10.1 Å². The van der Waals surface area contributed by atoms with Gasteiger partial charge in [-0.2, -0.15) is 0 Å². The van der Waals surface area contributed by atoms with Crippen LogP contribution in [0.3, 0.4) is 0 Å². The lowest BCUT2D eigenvalue weighted by molar-refractivity contribution is -0.129. The van der Waals surface area contributed by atoms with E-state index in [0.717, 1.165) is 5.56 Å². The Hall–Kier alpha value is -1.58. The normalized spacial score (nSPS) is 18.9. The van der Waals surface area contributed by atoms with Crippen LogP contribution in [0.2, 0.25) is 0 Å². The van der Waals surface area contributed by atoms with Gasteiger partial charge in [-0.1, -0.05) is 20.8 Å². The number of hydrogen-bond donors (Lipinski definition) is 1. The third kappa shape index (κ3) is 2.19. The molecule has 0 saturated heterocycles. The molecular formula is C14H20N2O2. The van der Waals surface area contributed by atoms with Crippen molar-refractivity contribution < 1.29 is 9.53 Å². The predicted octanol–water partition coefficient (Wildman–Crippen LogP) is 2.95. The third-order valence-electron chi connectivity index (χ3n) is 3.54. The highest BCUT2D eigenvalue weighted by Crippen LogP contribution is 2.35. The minimum absolute atomic E-state index is 0.160. The van der Waals surface area contributed by atoms with Gasteiger partial charge in [0.25, 0.3) is 5.91 Å². The van der Waals surface area contributed by atoms with Gasteiger partial charge in [0.15, 0.2) is 17.2 Å². The fourth-order valence-corrected chi connectivity index (χ4v) is 1.84. The minimum atomic E-state index is -0.839. The van der Waals surface area contributed by atoms with Crippen molar-refractivity contribution in [3.8, 4) is 5.75 Å². The molecule has 0 bridgehead atoms. The van der Waals surface area contributed by atoms with Crippen molar-refractivity contribution >= 4 is 11.7 Å². The first-order chi connectivity index (χ1) is 8.31. The second kappa shape index (κ2) is 4.26. The smallest absolute Gasteiger partial charge is 0.269 e. The number of carbonyl (C=O) groups excluding carboxylic acids is 1. The maximum atomic E-state index is 11.7. The summed E-state index contributed by atoms with van der Waals surface area (Å²) in [5.74, 6) is 1.96. The Morgan fingerprint density at radius 1 is 1.33 bits per heavy atom. The molecule has 1 aliphatic rings. The Morgan fingerprint density at radius 2 is 2.00 bits per heavy atom. The van der Waals surface area contributed by atoms with Gasteiger partial charge < -0.3 is 10.1 Å². The number of nitrogens with one attached hydrogen (secondary N) is 1. The zero-order valence-corrected chi connectivity index (χ0v) is 11.6. The van der Waals surface area contributed by atoms with Gasteiger partial charge in [-0.25, -0.2) is 4.98 Å². The number of rotatable bonds is 2. The van der Waals surface area contributed by atoms with Gasteiger partial charge in [-0.05, 0) is 37.3 Å². The van der Waals surface area contributed by atoms with E-state index in [-0.39, 0.29) is 5.91 Å². The van der Waals surface area contributed by atoms with Crippen LogP contribution in [-0.4, -0.2) is 16.5 Å². The largest absolute Gasteiger partial charge is 0.474 e. The van der Waals surface area contributed by atoms with E-state index in [9.17, 15) is 4.79 Å². The Balaban J connectivity index is 2.36. The summed E-state index contributed by atoms with van der Waals surface area (Å²) in [6.07, 6.45) is 1.81. The highest BCUT2D eigenvalue weighted by atomic mass is 16.5. The van der Waals surface area contributed by atoms with Crippen LogP contribution in [0.1, 0.15) is 46.1 Å². The van der Waals surface area contributed by atoms with Crippen molar-refractivity contribution in [1.82, 2.24) is 4.98 Å². The number of nitrogens with zero attached hydrogens (tertiary/aromatic N) is 1. The molecule has 1 atom stereocenters. The molecule has 0 radical (unpaired) electrons. The Bertz CT molecular complexity index is 481. The summed E-state index contributed by atoms with van der Waals surface area (Å²) in [6, 6.07) is 1.98. The molecule has 18 heavy (non-hydrogen) atoms. The molecule has 98 valence electrons. The number of aromatic nitrogens is 1. The van der Waals surface area contributed by atoms with Crippen molar-refractivity contribution in [2.75, 3.05) is 5.32 Å². The van der Waals surface area contributed by atoms with Gasteiger partial charge in [0.1, 0.15) is 0 Å². The van der Waals surface area contributed by atoms with Crippen molar-refractivity contribution in [3.05, 3.63) is 17.8 Å². The SMILES string of the molecule is CC(C)C(C)c1cnc2c(c1)OC(C)(C)C(=O)N2. The van der Waals surface area contributed by atoms with Crippen LogP contribution >= 0.6 is 0 Å². The molecule has 1 aromatic rings. The quantitative estimate of drug-likeness (QED) is 0.875. The van der Waals surface area contributed by atoms with Gasteiger partial charge >= 0.3 is 0 Å². The van der Waals surface area contributed by atoms with E-state index in [1.54, 1.807) is 13.8 Å². The molecule has 4 nitrogen and oxygen atoms in total. The van der Waals surface area contributed by atoms with Crippen molar-refractivity contribution in [2.24, 2.45) is 5.92 Å². The molecular weight excluding hydrogens is 228 g/mol. The highest BCUT2D eigenvalue weighted by Gasteiger charge is 2.36. The number of ether oxygens (including phenoxy) is 1. The summed E-state index contributed by atoms with van der Waals surface area (Å²) in [4.78, 5) is 16.0. The van der Waals surface area contributed by atoms with E-state index >= 15 is 0 Å². The standard InChI is InChI=1S/C14H20N2O2/c1-8(2)9(3)10-6-11-12(15-7-10)16-13(17)14(4,5)18-11/h6-9H,1-5H3,(H,15,16,17). The lowest BCUT2D eigenvalue weighted by Gasteiger charge is -2.31. The lowest BCUT2D eigenvalue weighted by Crippen LogP contribution is -2.46. The number of carbonyl (C=O) groups is 1. The lowest BCUT2D eigenvalue weighted by atomic mass is 9.91. The molecule has 1 N–H and O–H groups in total. The van der Waals surface area contributed by atoms with E-state index in [2.05, 4.69) is 31.1 Å². The predicted molar refractivity (Wildman–Crippen MR) is 70.8 cm³/mol. The van der Waals surface area contributed by atoms with Gasteiger partial charge in [-0.15, -0.1) is 0 Å². The fraction of sp³-hybridized carbons (Fsp3) is 0.571. The van der Waals surface area contributed by atoms with E-state index in [0.29, 0.717) is 23.4 Å². The molecule has 1 unspecified atom stereocenters. The molecule has 0 fully saturated rings. The van der Waals surface area contributed by atoms with Crippen molar-refractivity contribution in [1.29, 1.82) is 0 Å². The maximum absolute atomic E-state index is 11.7. The van der Waals surface area contributed by atoms with E-state index in [1.807, 2.05) is 12.3 Å². The molecule has 0 aliphatic carbocycles. The van der Waals surface area contributed by atoms with Gasteiger partial charge in [-0.3, -0.25) is 4.79 Å². The highest BCUT2D eigenvalue weighted by molar-refractivity contribution is 5.99. The summed E-state index contributed by atoms with van der Waals surface area (Å²) < 4.78 is 5.73. The molecule has 1 aromatic heterocycles. The van der Waals surface area contributed by atoms with Crippen LogP contribution in [0.5, 0.6) is 5.75 Å². The second-order valence-corrected chi connectivity index (χ2v) is 5.71. The molecule has 0 saturated carbocycles. The number of amides is 1. The molecule has 2 heterocycles. The van der Waals surface area contributed by atoms with E-state index in [1.165, 1.54) is 0 Å². The van der Waals surface area contributed by atoms with Crippen LogP contribution in [0.4, 0.5) is 5.82 Å². The topological polar surface area (TPSA) is 51.2 Å². The summed E-state index contributed by atoms with van der Waals surface area (Å²) >= 11 is 0. The van der Waals surface area contributed by atoms with E-state index < -0.39 is 5.60 Å². The van der Waals surface area contributed by atoms with Gasteiger partial charge in [0.2, 0.25) is 0 Å². The maximum Gasteiger partial charge on any atom is 0.269 e. The van der Waals surface area contributed by atoms with E-state index in [4.69, 9.17) is 4.74 Å². The first kappa shape index (κ1) is 12.9. The number of hydrogen-bond acceptors (Lipinski definition) is 3. The number of anilines is 1. The first-order valence-corrected chi connectivity index (χ1v) is 6.31. The summed E-state index contributed by atoms with van der Waals surface area (Å²) in [7, 11) is 0. The average molecular weight is 248 g/mol.